The Labute approximate surface area is 93.5 Å². The smallest absolute Gasteiger partial charge is 0.169 e. The molecule has 1 atom stereocenters. The van der Waals surface area contributed by atoms with Gasteiger partial charge in [0, 0.05) is 29.8 Å². The Morgan fingerprint density at radius 2 is 1.94 bits per heavy atom. The highest BCUT2D eigenvalue weighted by molar-refractivity contribution is 6.05. The maximum atomic E-state index is 12.0. The van der Waals surface area contributed by atoms with Crippen molar-refractivity contribution in [3.05, 3.63) is 17.7 Å². The van der Waals surface area contributed by atoms with E-state index in [1.807, 2.05) is 13.0 Å². The van der Waals surface area contributed by atoms with Gasteiger partial charge < -0.3 is 14.8 Å². The number of nitrogens with one attached hydrogen (secondary N) is 1. The van der Waals surface area contributed by atoms with Crippen LogP contribution in [0.2, 0.25) is 0 Å². The van der Waals surface area contributed by atoms with E-state index in [2.05, 4.69) is 5.32 Å². The summed E-state index contributed by atoms with van der Waals surface area (Å²) < 4.78 is 10.9. The number of ketones is 1. The fraction of sp³-hybridized carbons (Fsp3) is 0.417. The molecule has 16 heavy (non-hydrogen) atoms. The third-order valence-corrected chi connectivity index (χ3v) is 2.99. The van der Waals surface area contributed by atoms with Crippen LogP contribution < -0.4 is 14.8 Å². The monoisotopic (exact) mass is 219 g/mol. The average molecular weight is 219 g/mol. The summed E-state index contributed by atoms with van der Waals surface area (Å²) in [5, 5.41) is 3.24. The lowest BCUT2D eigenvalue weighted by Crippen LogP contribution is -2.28. The number of hydrogen-bond acceptors (Lipinski definition) is 4. The van der Waals surface area contributed by atoms with Crippen molar-refractivity contribution in [1.29, 1.82) is 0 Å². The Kier molecular flexibility index (Phi) is 2.02. The minimum Gasteiger partial charge on any atom is -0.486 e. The van der Waals surface area contributed by atoms with Crippen molar-refractivity contribution < 1.29 is 14.3 Å². The highest BCUT2D eigenvalue weighted by Gasteiger charge is 2.26. The van der Waals surface area contributed by atoms with Crippen LogP contribution in [-0.4, -0.2) is 25.5 Å². The van der Waals surface area contributed by atoms with E-state index < -0.39 is 0 Å². The predicted octanol–water partition coefficient (Wildman–Crippen LogP) is 1.70. The van der Waals surface area contributed by atoms with Crippen molar-refractivity contribution in [2.75, 3.05) is 25.1 Å². The van der Waals surface area contributed by atoms with E-state index in [0.717, 1.165) is 11.4 Å². The van der Waals surface area contributed by atoms with Gasteiger partial charge in [-0.3, -0.25) is 4.79 Å². The Morgan fingerprint density at radius 1 is 1.25 bits per heavy atom. The fourth-order valence-electron chi connectivity index (χ4n) is 2.06. The number of carbonyl (C=O) groups excluding carboxylic acids is 1. The summed E-state index contributed by atoms with van der Waals surface area (Å²) in [5.41, 5.74) is 1.57. The lowest BCUT2D eigenvalue weighted by Gasteiger charge is -2.26. The number of anilines is 1. The largest absolute Gasteiger partial charge is 0.486 e. The van der Waals surface area contributed by atoms with Gasteiger partial charge in [0.05, 0.1) is 0 Å². The van der Waals surface area contributed by atoms with Gasteiger partial charge in [0.1, 0.15) is 13.2 Å². The lowest BCUT2D eigenvalue weighted by atomic mass is 9.93. The zero-order valence-corrected chi connectivity index (χ0v) is 9.08. The van der Waals surface area contributed by atoms with E-state index in [1.165, 1.54) is 0 Å². The first-order chi connectivity index (χ1) is 7.75. The van der Waals surface area contributed by atoms with Gasteiger partial charge in [0.25, 0.3) is 0 Å². The molecular weight excluding hydrogens is 206 g/mol. The van der Waals surface area contributed by atoms with Crippen LogP contribution in [0, 0.1) is 5.92 Å². The van der Waals surface area contributed by atoms with Crippen LogP contribution in [-0.2, 0) is 0 Å². The van der Waals surface area contributed by atoms with Gasteiger partial charge >= 0.3 is 0 Å². The molecule has 2 aliphatic rings. The molecule has 3 rings (SSSR count). The van der Waals surface area contributed by atoms with Crippen LogP contribution >= 0.6 is 0 Å². The van der Waals surface area contributed by atoms with E-state index in [0.29, 0.717) is 31.1 Å². The SMILES string of the molecule is CC1CNc2cc3c(cc2C1=O)OCCO3. The van der Waals surface area contributed by atoms with Crippen molar-refractivity contribution in [3.8, 4) is 11.5 Å². The molecule has 1 aromatic rings. The van der Waals surface area contributed by atoms with Crippen molar-refractivity contribution in [3.63, 3.8) is 0 Å². The molecule has 2 heterocycles. The fourth-order valence-corrected chi connectivity index (χ4v) is 2.06. The van der Waals surface area contributed by atoms with Crippen LogP contribution in [0.1, 0.15) is 17.3 Å². The summed E-state index contributed by atoms with van der Waals surface area (Å²) in [6.07, 6.45) is 0. The number of carbonyl (C=O) groups is 1. The summed E-state index contributed by atoms with van der Waals surface area (Å²) in [6.45, 7) is 3.72. The highest BCUT2D eigenvalue weighted by Crippen LogP contribution is 2.37. The molecule has 0 saturated carbocycles. The zero-order chi connectivity index (χ0) is 11.1. The number of benzene rings is 1. The number of hydrogen-bond donors (Lipinski definition) is 1. The van der Waals surface area contributed by atoms with Crippen LogP contribution in [0.5, 0.6) is 11.5 Å². The number of fused-ring (bicyclic) bond motifs is 2. The second-order valence-electron chi connectivity index (χ2n) is 4.19. The molecule has 0 amide bonds. The van der Waals surface area contributed by atoms with Crippen LogP contribution in [0.15, 0.2) is 12.1 Å². The molecule has 4 heteroatoms. The molecule has 0 fully saturated rings. The normalized spacial score (nSPS) is 22.3. The molecule has 0 radical (unpaired) electrons. The van der Waals surface area contributed by atoms with Crippen molar-refractivity contribution >= 4 is 11.5 Å². The molecule has 1 unspecified atom stereocenters. The summed E-state index contributed by atoms with van der Waals surface area (Å²) >= 11 is 0. The molecule has 1 aromatic carbocycles. The zero-order valence-electron chi connectivity index (χ0n) is 9.08. The maximum absolute atomic E-state index is 12.0. The summed E-state index contributed by atoms with van der Waals surface area (Å²) in [4.78, 5) is 12.0. The molecule has 0 aromatic heterocycles. The Balaban J connectivity index is 2.10. The van der Waals surface area contributed by atoms with Gasteiger partial charge in [-0.15, -0.1) is 0 Å². The number of rotatable bonds is 0. The van der Waals surface area contributed by atoms with Crippen LogP contribution in [0.4, 0.5) is 5.69 Å². The van der Waals surface area contributed by atoms with Gasteiger partial charge in [0.15, 0.2) is 17.3 Å². The van der Waals surface area contributed by atoms with Gasteiger partial charge in [-0.05, 0) is 6.07 Å². The molecule has 4 nitrogen and oxygen atoms in total. The maximum Gasteiger partial charge on any atom is 0.169 e. The van der Waals surface area contributed by atoms with E-state index in [9.17, 15) is 4.79 Å². The van der Waals surface area contributed by atoms with Crippen LogP contribution in [0.3, 0.4) is 0 Å². The Hall–Kier alpha value is -1.71. The predicted molar refractivity (Wildman–Crippen MR) is 59.4 cm³/mol. The molecule has 0 spiro atoms. The molecule has 0 aliphatic carbocycles. The highest BCUT2D eigenvalue weighted by atomic mass is 16.6. The third-order valence-electron chi connectivity index (χ3n) is 2.99. The van der Waals surface area contributed by atoms with E-state index in [1.54, 1.807) is 6.07 Å². The van der Waals surface area contributed by atoms with Crippen molar-refractivity contribution in [2.24, 2.45) is 5.92 Å². The van der Waals surface area contributed by atoms with Crippen LogP contribution in [0.25, 0.3) is 0 Å². The first-order valence-electron chi connectivity index (χ1n) is 5.47. The molecule has 84 valence electrons. The van der Waals surface area contributed by atoms with Gasteiger partial charge in [0.2, 0.25) is 0 Å². The third kappa shape index (κ3) is 1.33. The van der Waals surface area contributed by atoms with Gasteiger partial charge in [-0.1, -0.05) is 6.92 Å². The lowest BCUT2D eigenvalue weighted by molar-refractivity contribution is 0.0930. The Morgan fingerprint density at radius 3 is 2.69 bits per heavy atom. The molecule has 2 aliphatic heterocycles. The second-order valence-corrected chi connectivity index (χ2v) is 4.19. The van der Waals surface area contributed by atoms with Crippen molar-refractivity contribution in [1.82, 2.24) is 0 Å². The summed E-state index contributed by atoms with van der Waals surface area (Å²) in [6, 6.07) is 3.64. The van der Waals surface area contributed by atoms with Gasteiger partial charge in [-0.25, -0.2) is 0 Å². The second kappa shape index (κ2) is 3.40. The Bertz CT molecular complexity index is 456. The van der Waals surface area contributed by atoms with Gasteiger partial charge in [-0.2, -0.15) is 0 Å². The van der Waals surface area contributed by atoms with E-state index in [4.69, 9.17) is 9.47 Å². The molecule has 1 N–H and O–H groups in total. The topological polar surface area (TPSA) is 47.6 Å². The molecule has 0 bridgehead atoms. The van der Waals surface area contributed by atoms with E-state index in [-0.39, 0.29) is 11.7 Å². The van der Waals surface area contributed by atoms with E-state index >= 15 is 0 Å². The minimum atomic E-state index is 0.0232. The van der Waals surface area contributed by atoms with Crippen molar-refractivity contribution in [2.45, 2.75) is 6.92 Å². The molecule has 0 saturated heterocycles. The minimum absolute atomic E-state index is 0.0232. The first kappa shape index (κ1) is 9.51. The first-order valence-corrected chi connectivity index (χ1v) is 5.47. The summed E-state index contributed by atoms with van der Waals surface area (Å²) in [7, 11) is 0. The quantitative estimate of drug-likeness (QED) is 0.721. The standard InChI is InChI=1S/C12H13NO3/c1-7-6-13-9-5-11-10(15-2-3-16-11)4-8(9)12(7)14/h4-5,7,13H,2-3,6H2,1H3. The number of ether oxygens (including phenoxy) is 2. The number of Topliss-reactive ketones (excluding diaryl/α,β-unsaturated/α-hetero) is 1. The molecular formula is C12H13NO3. The average Bonchev–Trinajstić information content (AvgIpc) is 2.32. The summed E-state index contributed by atoms with van der Waals surface area (Å²) in [5.74, 6) is 1.59.